The number of hydrogen-bond donors (Lipinski definition) is 2. The van der Waals surface area contributed by atoms with Crippen LogP contribution in [0.4, 0.5) is 11.4 Å². The molecule has 0 atom stereocenters. The predicted octanol–water partition coefficient (Wildman–Crippen LogP) is 4.40. The van der Waals surface area contributed by atoms with Crippen LogP contribution in [0.1, 0.15) is 22.3 Å². The molecule has 0 aliphatic carbocycles. The van der Waals surface area contributed by atoms with Gasteiger partial charge >= 0.3 is 0 Å². The van der Waals surface area contributed by atoms with Gasteiger partial charge in [-0.25, -0.2) is 4.98 Å². The molecule has 0 saturated heterocycles. The third kappa shape index (κ3) is 3.92. The second-order valence-corrected chi connectivity index (χ2v) is 7.41. The number of benzene rings is 1. The lowest BCUT2D eigenvalue weighted by Crippen LogP contribution is -2.13. The standard InChI is InChI=1S/C18H17N3O3S2/c1-10-16(26-18(19-10)15-5-4-8-25-15)17(23)21-13-9-12(20-11(2)22)6-7-14(13)24-3/h4-9H,1-3H3,(H,20,22)(H,21,23). The molecule has 0 unspecified atom stereocenters. The summed E-state index contributed by atoms with van der Waals surface area (Å²) in [6.45, 7) is 3.24. The first-order chi connectivity index (χ1) is 12.5. The highest BCUT2D eigenvalue weighted by Gasteiger charge is 2.18. The number of thiophene rings is 1. The summed E-state index contributed by atoms with van der Waals surface area (Å²) < 4.78 is 5.30. The Kier molecular flexibility index (Phi) is 5.34. The first-order valence-electron chi connectivity index (χ1n) is 7.76. The Balaban J connectivity index is 1.87. The summed E-state index contributed by atoms with van der Waals surface area (Å²) in [5.41, 5.74) is 1.73. The normalized spacial score (nSPS) is 10.4. The van der Waals surface area contributed by atoms with Crippen molar-refractivity contribution < 1.29 is 14.3 Å². The largest absolute Gasteiger partial charge is 0.495 e. The Labute approximate surface area is 158 Å². The van der Waals surface area contributed by atoms with E-state index in [0.29, 0.717) is 27.7 Å². The van der Waals surface area contributed by atoms with Crippen LogP contribution < -0.4 is 15.4 Å². The van der Waals surface area contributed by atoms with Crippen LogP contribution in [-0.2, 0) is 4.79 Å². The van der Waals surface area contributed by atoms with Gasteiger partial charge in [0.05, 0.1) is 23.4 Å². The van der Waals surface area contributed by atoms with Gasteiger partial charge in [0, 0.05) is 12.6 Å². The van der Waals surface area contributed by atoms with Gasteiger partial charge < -0.3 is 15.4 Å². The number of rotatable bonds is 5. The Morgan fingerprint density at radius 2 is 2.00 bits per heavy atom. The van der Waals surface area contributed by atoms with Crippen molar-refractivity contribution in [2.24, 2.45) is 0 Å². The molecule has 0 radical (unpaired) electrons. The minimum atomic E-state index is -0.263. The molecule has 3 aromatic rings. The van der Waals surface area contributed by atoms with E-state index in [2.05, 4.69) is 15.6 Å². The smallest absolute Gasteiger partial charge is 0.267 e. The van der Waals surface area contributed by atoms with E-state index >= 15 is 0 Å². The molecule has 0 fully saturated rings. The van der Waals surface area contributed by atoms with Crippen molar-refractivity contribution in [1.29, 1.82) is 0 Å². The third-order valence-corrected chi connectivity index (χ3v) is 5.70. The number of thiazole rings is 1. The van der Waals surface area contributed by atoms with Crippen LogP contribution in [0.5, 0.6) is 5.75 Å². The average Bonchev–Trinajstić information content (AvgIpc) is 3.24. The van der Waals surface area contributed by atoms with E-state index in [1.54, 1.807) is 29.5 Å². The average molecular weight is 387 g/mol. The molecule has 2 N–H and O–H groups in total. The van der Waals surface area contributed by atoms with Gasteiger partial charge in [0.1, 0.15) is 15.6 Å². The zero-order valence-corrected chi connectivity index (χ0v) is 16.1. The number of nitrogens with one attached hydrogen (secondary N) is 2. The quantitative estimate of drug-likeness (QED) is 0.680. The number of carbonyl (C=O) groups excluding carboxylic acids is 2. The molecule has 8 heteroatoms. The number of aryl methyl sites for hydroxylation is 1. The van der Waals surface area contributed by atoms with Crippen LogP contribution in [-0.4, -0.2) is 23.9 Å². The minimum Gasteiger partial charge on any atom is -0.495 e. The number of nitrogens with zero attached hydrogens (tertiary/aromatic N) is 1. The monoisotopic (exact) mass is 387 g/mol. The van der Waals surface area contributed by atoms with E-state index < -0.39 is 0 Å². The van der Waals surface area contributed by atoms with Crippen molar-refractivity contribution in [3.63, 3.8) is 0 Å². The molecule has 2 heterocycles. The molecule has 2 aromatic heterocycles. The van der Waals surface area contributed by atoms with E-state index in [4.69, 9.17) is 4.74 Å². The van der Waals surface area contributed by atoms with Gasteiger partial charge in [0.2, 0.25) is 5.91 Å². The molecule has 0 aliphatic rings. The number of anilines is 2. The molecule has 0 saturated carbocycles. The van der Waals surface area contributed by atoms with Crippen molar-refractivity contribution in [2.75, 3.05) is 17.7 Å². The van der Waals surface area contributed by atoms with Crippen LogP contribution in [0.3, 0.4) is 0 Å². The summed E-state index contributed by atoms with van der Waals surface area (Å²) >= 11 is 2.93. The van der Waals surface area contributed by atoms with E-state index in [1.165, 1.54) is 25.4 Å². The van der Waals surface area contributed by atoms with Crippen molar-refractivity contribution in [1.82, 2.24) is 4.98 Å². The van der Waals surface area contributed by atoms with Gasteiger partial charge in [0.15, 0.2) is 0 Å². The molecule has 0 bridgehead atoms. The Morgan fingerprint density at radius 1 is 1.19 bits per heavy atom. The molecule has 26 heavy (non-hydrogen) atoms. The first kappa shape index (κ1) is 18.1. The molecule has 1 aromatic carbocycles. The zero-order valence-electron chi connectivity index (χ0n) is 14.5. The molecular weight excluding hydrogens is 370 g/mol. The highest BCUT2D eigenvalue weighted by molar-refractivity contribution is 7.22. The Bertz CT molecular complexity index is 949. The summed E-state index contributed by atoms with van der Waals surface area (Å²) in [6, 6.07) is 8.99. The topological polar surface area (TPSA) is 80.3 Å². The van der Waals surface area contributed by atoms with Crippen LogP contribution >= 0.6 is 22.7 Å². The lowest BCUT2D eigenvalue weighted by molar-refractivity contribution is -0.114. The van der Waals surface area contributed by atoms with Gasteiger partial charge in [-0.2, -0.15) is 0 Å². The van der Waals surface area contributed by atoms with E-state index in [-0.39, 0.29) is 11.8 Å². The minimum absolute atomic E-state index is 0.189. The molecule has 0 aliphatic heterocycles. The van der Waals surface area contributed by atoms with E-state index in [1.807, 2.05) is 24.4 Å². The van der Waals surface area contributed by atoms with Crippen molar-refractivity contribution in [3.8, 4) is 15.6 Å². The third-order valence-electron chi connectivity index (χ3n) is 3.50. The lowest BCUT2D eigenvalue weighted by atomic mass is 10.2. The first-order valence-corrected chi connectivity index (χ1v) is 9.46. The second-order valence-electron chi connectivity index (χ2n) is 5.46. The Morgan fingerprint density at radius 3 is 2.65 bits per heavy atom. The number of hydrogen-bond acceptors (Lipinski definition) is 6. The highest BCUT2D eigenvalue weighted by atomic mass is 32.1. The van der Waals surface area contributed by atoms with Gasteiger partial charge in [-0.3, -0.25) is 9.59 Å². The van der Waals surface area contributed by atoms with Crippen LogP contribution in [0.2, 0.25) is 0 Å². The van der Waals surface area contributed by atoms with Crippen LogP contribution in [0.15, 0.2) is 35.7 Å². The van der Waals surface area contributed by atoms with Gasteiger partial charge in [-0.05, 0) is 36.6 Å². The Hall–Kier alpha value is -2.71. The number of amides is 2. The number of ether oxygens (including phenoxy) is 1. The van der Waals surface area contributed by atoms with Gasteiger partial charge in [0.25, 0.3) is 5.91 Å². The SMILES string of the molecule is COc1ccc(NC(C)=O)cc1NC(=O)c1sc(-c2cccs2)nc1C. The number of carbonyl (C=O) groups is 2. The lowest BCUT2D eigenvalue weighted by Gasteiger charge is -2.12. The van der Waals surface area contributed by atoms with Crippen molar-refractivity contribution in [2.45, 2.75) is 13.8 Å². The second kappa shape index (κ2) is 7.67. The van der Waals surface area contributed by atoms with Crippen LogP contribution in [0.25, 0.3) is 9.88 Å². The molecule has 2 amide bonds. The fourth-order valence-corrected chi connectivity index (χ4v) is 4.14. The van der Waals surface area contributed by atoms with E-state index in [0.717, 1.165) is 9.88 Å². The molecule has 6 nitrogen and oxygen atoms in total. The maximum Gasteiger partial charge on any atom is 0.267 e. The molecule has 0 spiro atoms. The van der Waals surface area contributed by atoms with Crippen molar-refractivity contribution in [3.05, 3.63) is 46.3 Å². The summed E-state index contributed by atoms with van der Waals surface area (Å²) in [7, 11) is 1.52. The fourth-order valence-electron chi connectivity index (χ4n) is 2.38. The maximum absolute atomic E-state index is 12.7. The summed E-state index contributed by atoms with van der Waals surface area (Å²) in [5.74, 6) is 0.0560. The van der Waals surface area contributed by atoms with Gasteiger partial charge in [-0.15, -0.1) is 22.7 Å². The molecule has 134 valence electrons. The predicted molar refractivity (Wildman–Crippen MR) is 105 cm³/mol. The maximum atomic E-state index is 12.7. The number of methoxy groups -OCH3 is 1. The zero-order chi connectivity index (χ0) is 18.7. The fraction of sp³-hybridized carbons (Fsp3) is 0.167. The number of aromatic nitrogens is 1. The van der Waals surface area contributed by atoms with Gasteiger partial charge in [-0.1, -0.05) is 6.07 Å². The highest BCUT2D eigenvalue weighted by Crippen LogP contribution is 2.33. The summed E-state index contributed by atoms with van der Waals surface area (Å²) in [4.78, 5) is 30.1. The summed E-state index contributed by atoms with van der Waals surface area (Å²) in [5, 5.41) is 8.34. The van der Waals surface area contributed by atoms with Crippen molar-refractivity contribution >= 4 is 45.9 Å². The van der Waals surface area contributed by atoms with Crippen LogP contribution in [0, 0.1) is 6.92 Å². The molecular formula is C18H17N3O3S2. The molecule has 3 rings (SSSR count). The summed E-state index contributed by atoms with van der Waals surface area (Å²) in [6.07, 6.45) is 0. The van der Waals surface area contributed by atoms with E-state index in [9.17, 15) is 9.59 Å².